The minimum absolute atomic E-state index is 0.0182. The summed E-state index contributed by atoms with van der Waals surface area (Å²) in [7, 11) is 0. The van der Waals surface area contributed by atoms with Gasteiger partial charge in [0.15, 0.2) is 0 Å². The average Bonchev–Trinajstić information content (AvgIpc) is 2.52. The SMILES string of the molecule is CCCN(CCC)C(=O)CNc1cccc(NC(=O)C(C)C)c1. The van der Waals surface area contributed by atoms with E-state index < -0.39 is 0 Å². The highest BCUT2D eigenvalue weighted by Crippen LogP contribution is 2.16. The molecule has 0 saturated carbocycles. The highest BCUT2D eigenvalue weighted by molar-refractivity contribution is 5.92. The lowest BCUT2D eigenvalue weighted by molar-refractivity contribution is -0.129. The molecule has 5 heteroatoms. The third-order valence-electron chi connectivity index (χ3n) is 3.44. The minimum Gasteiger partial charge on any atom is -0.376 e. The molecular formula is C18H29N3O2. The molecule has 2 N–H and O–H groups in total. The average molecular weight is 319 g/mol. The van der Waals surface area contributed by atoms with Crippen LogP contribution in [0, 0.1) is 5.92 Å². The first-order valence-corrected chi connectivity index (χ1v) is 8.40. The summed E-state index contributed by atoms with van der Waals surface area (Å²) in [6, 6.07) is 7.44. The van der Waals surface area contributed by atoms with Crippen molar-refractivity contribution in [3.8, 4) is 0 Å². The Morgan fingerprint density at radius 2 is 1.70 bits per heavy atom. The van der Waals surface area contributed by atoms with E-state index in [1.54, 1.807) is 0 Å². The molecule has 128 valence electrons. The summed E-state index contributed by atoms with van der Waals surface area (Å²) in [6.45, 7) is 9.70. The highest BCUT2D eigenvalue weighted by atomic mass is 16.2. The molecule has 1 aromatic carbocycles. The second kappa shape index (κ2) is 9.87. The maximum Gasteiger partial charge on any atom is 0.241 e. The number of hydrogen-bond donors (Lipinski definition) is 2. The number of nitrogens with one attached hydrogen (secondary N) is 2. The van der Waals surface area contributed by atoms with Crippen molar-refractivity contribution in [1.29, 1.82) is 0 Å². The first kappa shape index (κ1) is 19.0. The third kappa shape index (κ3) is 6.72. The fourth-order valence-electron chi connectivity index (χ4n) is 2.18. The Morgan fingerprint density at radius 3 is 2.26 bits per heavy atom. The monoisotopic (exact) mass is 319 g/mol. The van der Waals surface area contributed by atoms with E-state index in [9.17, 15) is 9.59 Å². The van der Waals surface area contributed by atoms with Crippen LogP contribution in [-0.4, -0.2) is 36.3 Å². The molecule has 0 heterocycles. The molecule has 1 aromatic rings. The number of benzene rings is 1. The zero-order valence-electron chi connectivity index (χ0n) is 14.7. The molecule has 5 nitrogen and oxygen atoms in total. The largest absolute Gasteiger partial charge is 0.376 e. The van der Waals surface area contributed by atoms with Gasteiger partial charge in [0, 0.05) is 30.4 Å². The number of hydrogen-bond acceptors (Lipinski definition) is 3. The van der Waals surface area contributed by atoms with Gasteiger partial charge in [-0.05, 0) is 31.0 Å². The van der Waals surface area contributed by atoms with E-state index in [0.29, 0.717) is 0 Å². The smallest absolute Gasteiger partial charge is 0.241 e. The molecule has 0 radical (unpaired) electrons. The number of carbonyl (C=O) groups excluding carboxylic acids is 2. The first-order valence-electron chi connectivity index (χ1n) is 8.40. The Balaban J connectivity index is 2.60. The van der Waals surface area contributed by atoms with Gasteiger partial charge in [0.2, 0.25) is 11.8 Å². The van der Waals surface area contributed by atoms with Crippen molar-refractivity contribution in [3.05, 3.63) is 24.3 Å². The van der Waals surface area contributed by atoms with E-state index >= 15 is 0 Å². The quantitative estimate of drug-likeness (QED) is 0.734. The highest BCUT2D eigenvalue weighted by Gasteiger charge is 2.11. The molecule has 23 heavy (non-hydrogen) atoms. The number of amides is 2. The van der Waals surface area contributed by atoms with Crippen LogP contribution in [0.4, 0.5) is 11.4 Å². The van der Waals surface area contributed by atoms with Crippen LogP contribution in [0.15, 0.2) is 24.3 Å². The standard InChI is InChI=1S/C18H29N3O2/c1-5-10-21(11-6-2)17(22)13-19-15-8-7-9-16(12-15)20-18(23)14(3)4/h7-9,12,14,19H,5-6,10-11,13H2,1-4H3,(H,20,23). The molecule has 0 unspecified atom stereocenters. The summed E-state index contributed by atoms with van der Waals surface area (Å²) in [5, 5.41) is 6.00. The van der Waals surface area contributed by atoms with E-state index in [1.807, 2.05) is 43.0 Å². The molecule has 0 atom stereocenters. The van der Waals surface area contributed by atoms with Gasteiger partial charge in [-0.1, -0.05) is 33.8 Å². The van der Waals surface area contributed by atoms with Crippen LogP contribution in [0.3, 0.4) is 0 Å². The van der Waals surface area contributed by atoms with E-state index in [1.165, 1.54) is 0 Å². The summed E-state index contributed by atoms with van der Waals surface area (Å²) >= 11 is 0. The number of anilines is 2. The zero-order valence-corrected chi connectivity index (χ0v) is 14.7. The molecule has 0 aliphatic carbocycles. The van der Waals surface area contributed by atoms with Gasteiger partial charge in [-0.15, -0.1) is 0 Å². The Labute approximate surface area is 139 Å². The van der Waals surface area contributed by atoms with Crippen molar-refractivity contribution in [2.24, 2.45) is 5.92 Å². The molecule has 0 aliphatic heterocycles. The maximum absolute atomic E-state index is 12.2. The summed E-state index contributed by atoms with van der Waals surface area (Å²) in [6.07, 6.45) is 1.92. The van der Waals surface area contributed by atoms with E-state index in [2.05, 4.69) is 24.5 Å². The predicted molar refractivity (Wildman–Crippen MR) is 95.6 cm³/mol. The van der Waals surface area contributed by atoms with Crippen molar-refractivity contribution in [2.45, 2.75) is 40.5 Å². The number of rotatable bonds is 9. The maximum atomic E-state index is 12.2. The van der Waals surface area contributed by atoms with Crippen molar-refractivity contribution in [1.82, 2.24) is 4.90 Å². The van der Waals surface area contributed by atoms with Crippen LogP contribution in [0.25, 0.3) is 0 Å². The first-order chi connectivity index (χ1) is 11.0. The van der Waals surface area contributed by atoms with Crippen LogP contribution in [0.5, 0.6) is 0 Å². The Kier molecular flexibility index (Phi) is 8.16. The van der Waals surface area contributed by atoms with Crippen molar-refractivity contribution >= 4 is 23.2 Å². The molecule has 1 rings (SSSR count). The van der Waals surface area contributed by atoms with Gasteiger partial charge in [0.1, 0.15) is 0 Å². The Bertz CT molecular complexity index is 509. The van der Waals surface area contributed by atoms with Crippen LogP contribution in [-0.2, 0) is 9.59 Å². The van der Waals surface area contributed by atoms with Crippen molar-refractivity contribution < 1.29 is 9.59 Å². The number of carbonyl (C=O) groups is 2. The summed E-state index contributed by atoms with van der Waals surface area (Å²) in [4.78, 5) is 25.9. The summed E-state index contributed by atoms with van der Waals surface area (Å²) < 4.78 is 0. The molecule has 0 aliphatic rings. The van der Waals surface area contributed by atoms with Crippen LogP contribution in [0.1, 0.15) is 40.5 Å². The van der Waals surface area contributed by atoms with E-state index in [-0.39, 0.29) is 24.3 Å². The van der Waals surface area contributed by atoms with Gasteiger partial charge in [-0.25, -0.2) is 0 Å². The van der Waals surface area contributed by atoms with Crippen molar-refractivity contribution in [3.63, 3.8) is 0 Å². The molecule has 0 spiro atoms. The summed E-state index contributed by atoms with van der Waals surface area (Å²) in [5.41, 5.74) is 1.56. The fraction of sp³-hybridized carbons (Fsp3) is 0.556. The van der Waals surface area contributed by atoms with Gasteiger partial charge in [-0.3, -0.25) is 9.59 Å². The lowest BCUT2D eigenvalue weighted by Gasteiger charge is -2.22. The van der Waals surface area contributed by atoms with Gasteiger partial charge in [-0.2, -0.15) is 0 Å². The second-order valence-corrected chi connectivity index (χ2v) is 5.96. The molecule has 0 saturated heterocycles. The van der Waals surface area contributed by atoms with Crippen LogP contribution < -0.4 is 10.6 Å². The van der Waals surface area contributed by atoms with Crippen molar-refractivity contribution in [2.75, 3.05) is 30.3 Å². The van der Waals surface area contributed by atoms with Gasteiger partial charge < -0.3 is 15.5 Å². The molecular weight excluding hydrogens is 290 g/mol. The van der Waals surface area contributed by atoms with E-state index in [4.69, 9.17) is 0 Å². The Morgan fingerprint density at radius 1 is 1.09 bits per heavy atom. The predicted octanol–water partition coefficient (Wildman–Crippen LogP) is 3.34. The van der Waals surface area contributed by atoms with Gasteiger partial charge >= 0.3 is 0 Å². The minimum atomic E-state index is -0.0650. The second-order valence-electron chi connectivity index (χ2n) is 5.96. The number of nitrogens with zero attached hydrogens (tertiary/aromatic N) is 1. The van der Waals surface area contributed by atoms with E-state index in [0.717, 1.165) is 37.3 Å². The molecule has 0 fully saturated rings. The fourth-order valence-corrected chi connectivity index (χ4v) is 2.18. The third-order valence-corrected chi connectivity index (χ3v) is 3.44. The molecule has 0 bridgehead atoms. The molecule has 0 aromatic heterocycles. The van der Waals surface area contributed by atoms with Crippen LogP contribution in [0.2, 0.25) is 0 Å². The van der Waals surface area contributed by atoms with Crippen LogP contribution >= 0.6 is 0 Å². The normalized spacial score (nSPS) is 10.5. The topological polar surface area (TPSA) is 61.4 Å². The Hall–Kier alpha value is -2.04. The van der Waals surface area contributed by atoms with Gasteiger partial charge in [0.05, 0.1) is 6.54 Å². The summed E-state index contributed by atoms with van der Waals surface area (Å²) in [5.74, 6) is 0.0189. The lowest BCUT2D eigenvalue weighted by Crippen LogP contribution is -2.36. The zero-order chi connectivity index (χ0) is 17.2. The molecule has 2 amide bonds. The lowest BCUT2D eigenvalue weighted by atomic mass is 10.2. The van der Waals surface area contributed by atoms with Gasteiger partial charge in [0.25, 0.3) is 0 Å².